The van der Waals surface area contributed by atoms with Crippen LogP contribution in [-0.2, 0) is 9.53 Å². The van der Waals surface area contributed by atoms with Crippen molar-refractivity contribution in [2.45, 2.75) is 25.0 Å². The zero-order valence-electron chi connectivity index (χ0n) is 14.3. The summed E-state index contributed by atoms with van der Waals surface area (Å²) >= 11 is 0. The van der Waals surface area contributed by atoms with Crippen LogP contribution in [0.2, 0.25) is 0 Å². The van der Waals surface area contributed by atoms with Crippen molar-refractivity contribution in [1.29, 1.82) is 0 Å². The van der Waals surface area contributed by atoms with Crippen LogP contribution in [0.3, 0.4) is 0 Å². The van der Waals surface area contributed by atoms with Crippen LogP contribution in [0.25, 0.3) is 0 Å². The molecule has 6 nitrogen and oxygen atoms in total. The lowest BCUT2D eigenvalue weighted by molar-refractivity contribution is -0.133. The minimum Gasteiger partial charge on any atom is -0.488 e. The van der Waals surface area contributed by atoms with Gasteiger partial charge in [-0.2, -0.15) is 0 Å². The summed E-state index contributed by atoms with van der Waals surface area (Å²) in [6.45, 7) is 4.29. The molecular weight excluding hydrogens is 327 g/mol. The highest BCUT2D eigenvalue weighted by Gasteiger charge is 2.29. The molecule has 2 saturated heterocycles. The minimum absolute atomic E-state index is 0.0699. The highest BCUT2D eigenvalue weighted by Crippen LogP contribution is 2.20. The number of carbonyl (C=O) groups is 1. The van der Waals surface area contributed by atoms with Crippen molar-refractivity contribution in [3.8, 4) is 5.75 Å². The molecule has 0 saturated carbocycles. The lowest BCUT2D eigenvalue weighted by Gasteiger charge is -2.29. The van der Waals surface area contributed by atoms with E-state index in [0.717, 1.165) is 13.1 Å². The van der Waals surface area contributed by atoms with Gasteiger partial charge in [-0.3, -0.25) is 9.69 Å². The molecule has 2 heterocycles. The summed E-state index contributed by atoms with van der Waals surface area (Å²) in [5.74, 6) is 0.0978. The standard InChI is InChI=1S/C18H25FN2O4/c19-14-2-1-3-15(12-14)25-17-5-7-21(6-4-16(17)22)18(23)13-20-8-10-24-11-9-20/h1-3,12,16-17,22H,4-11,13H2/t16-,17-/m0/s1. The third-order valence-electron chi connectivity index (χ3n) is 4.71. The smallest absolute Gasteiger partial charge is 0.236 e. The number of hydrogen-bond donors (Lipinski definition) is 1. The Bertz CT molecular complexity index is 580. The first-order valence-corrected chi connectivity index (χ1v) is 8.80. The number of nitrogens with zero attached hydrogens (tertiary/aromatic N) is 2. The Morgan fingerprint density at radius 3 is 2.76 bits per heavy atom. The van der Waals surface area contributed by atoms with Gasteiger partial charge in [-0.05, 0) is 18.6 Å². The van der Waals surface area contributed by atoms with Crippen molar-refractivity contribution in [3.05, 3.63) is 30.1 Å². The summed E-state index contributed by atoms with van der Waals surface area (Å²) in [5.41, 5.74) is 0. The van der Waals surface area contributed by atoms with E-state index in [-0.39, 0.29) is 11.7 Å². The van der Waals surface area contributed by atoms with Gasteiger partial charge in [-0.25, -0.2) is 4.39 Å². The summed E-state index contributed by atoms with van der Waals surface area (Å²) in [6.07, 6.45) is -0.145. The lowest BCUT2D eigenvalue weighted by Crippen LogP contribution is -2.45. The van der Waals surface area contributed by atoms with E-state index in [1.165, 1.54) is 12.1 Å². The predicted octanol–water partition coefficient (Wildman–Crippen LogP) is 0.889. The molecule has 1 amide bonds. The second kappa shape index (κ2) is 8.60. The summed E-state index contributed by atoms with van der Waals surface area (Å²) in [7, 11) is 0. The average molecular weight is 352 g/mol. The van der Waals surface area contributed by atoms with E-state index < -0.39 is 12.2 Å². The fraction of sp³-hybridized carbons (Fsp3) is 0.611. The SMILES string of the molecule is O=C(CN1CCOCC1)N1CC[C@H](Oc2cccc(F)c2)[C@@H](O)CC1. The van der Waals surface area contributed by atoms with Crippen molar-refractivity contribution in [2.75, 3.05) is 45.9 Å². The number of ether oxygens (including phenoxy) is 2. The van der Waals surface area contributed by atoms with Crippen LogP contribution in [0, 0.1) is 5.82 Å². The molecule has 0 aromatic heterocycles. The molecule has 25 heavy (non-hydrogen) atoms. The van der Waals surface area contributed by atoms with Gasteiger partial charge in [-0.1, -0.05) is 6.07 Å². The quantitative estimate of drug-likeness (QED) is 0.872. The molecular formula is C18H25FN2O4. The van der Waals surface area contributed by atoms with E-state index >= 15 is 0 Å². The predicted molar refractivity (Wildman–Crippen MR) is 89.9 cm³/mol. The molecule has 2 aliphatic rings. The molecule has 1 N–H and O–H groups in total. The second-order valence-corrected chi connectivity index (χ2v) is 6.53. The monoisotopic (exact) mass is 352 g/mol. The summed E-state index contributed by atoms with van der Waals surface area (Å²) in [6, 6.07) is 5.90. The van der Waals surface area contributed by atoms with Crippen LogP contribution in [0.4, 0.5) is 4.39 Å². The molecule has 7 heteroatoms. The van der Waals surface area contributed by atoms with Gasteiger partial charge in [0.05, 0.1) is 25.9 Å². The number of amides is 1. The Hall–Kier alpha value is -1.70. The Labute approximate surface area is 147 Å². The number of benzene rings is 1. The number of halogens is 1. The molecule has 0 bridgehead atoms. The van der Waals surface area contributed by atoms with E-state index in [9.17, 15) is 14.3 Å². The van der Waals surface area contributed by atoms with E-state index in [0.29, 0.717) is 51.4 Å². The molecule has 2 atom stereocenters. The lowest BCUT2D eigenvalue weighted by atomic mass is 10.1. The second-order valence-electron chi connectivity index (χ2n) is 6.53. The molecule has 0 radical (unpaired) electrons. The first kappa shape index (κ1) is 18.1. The van der Waals surface area contributed by atoms with Crippen molar-refractivity contribution in [2.24, 2.45) is 0 Å². The fourth-order valence-electron chi connectivity index (χ4n) is 3.21. The molecule has 3 rings (SSSR count). The molecule has 0 spiro atoms. The molecule has 1 aromatic carbocycles. The summed E-state index contributed by atoms with van der Waals surface area (Å²) in [5, 5.41) is 10.3. The van der Waals surface area contributed by atoms with E-state index in [1.807, 2.05) is 0 Å². The van der Waals surface area contributed by atoms with Crippen molar-refractivity contribution in [3.63, 3.8) is 0 Å². The summed E-state index contributed by atoms with van der Waals surface area (Å²) in [4.78, 5) is 16.4. The number of hydrogen-bond acceptors (Lipinski definition) is 5. The van der Waals surface area contributed by atoms with Crippen LogP contribution >= 0.6 is 0 Å². The number of aliphatic hydroxyl groups excluding tert-OH is 1. The van der Waals surface area contributed by atoms with Gasteiger partial charge in [0, 0.05) is 38.7 Å². The molecule has 138 valence electrons. The molecule has 2 fully saturated rings. The van der Waals surface area contributed by atoms with Gasteiger partial charge < -0.3 is 19.5 Å². The maximum absolute atomic E-state index is 13.3. The topological polar surface area (TPSA) is 62.2 Å². The maximum atomic E-state index is 13.3. The normalized spacial score (nSPS) is 25.4. The fourth-order valence-corrected chi connectivity index (χ4v) is 3.21. The van der Waals surface area contributed by atoms with Crippen molar-refractivity contribution < 1.29 is 23.8 Å². The number of morpholine rings is 1. The van der Waals surface area contributed by atoms with Gasteiger partial charge in [0.2, 0.25) is 5.91 Å². The van der Waals surface area contributed by atoms with Crippen LogP contribution in [-0.4, -0.2) is 79.0 Å². The van der Waals surface area contributed by atoms with Gasteiger partial charge >= 0.3 is 0 Å². The number of carbonyl (C=O) groups excluding carboxylic acids is 1. The van der Waals surface area contributed by atoms with Crippen LogP contribution in [0.15, 0.2) is 24.3 Å². The molecule has 2 aliphatic heterocycles. The number of likely N-dealkylation sites (tertiary alicyclic amines) is 1. The Morgan fingerprint density at radius 2 is 2.00 bits per heavy atom. The van der Waals surface area contributed by atoms with Crippen molar-refractivity contribution in [1.82, 2.24) is 9.80 Å². The third kappa shape index (κ3) is 5.14. The number of aliphatic hydroxyl groups is 1. The van der Waals surface area contributed by atoms with Crippen LogP contribution < -0.4 is 4.74 Å². The average Bonchev–Trinajstić information content (AvgIpc) is 2.78. The van der Waals surface area contributed by atoms with Gasteiger partial charge in [0.15, 0.2) is 0 Å². The Kier molecular flexibility index (Phi) is 6.23. The third-order valence-corrected chi connectivity index (χ3v) is 4.71. The zero-order chi connectivity index (χ0) is 17.6. The first-order chi connectivity index (χ1) is 12.1. The van der Waals surface area contributed by atoms with Crippen molar-refractivity contribution >= 4 is 5.91 Å². The minimum atomic E-state index is -0.676. The van der Waals surface area contributed by atoms with E-state index in [2.05, 4.69) is 4.90 Å². The molecule has 1 aromatic rings. The highest BCUT2D eigenvalue weighted by molar-refractivity contribution is 5.78. The van der Waals surface area contributed by atoms with Gasteiger partial charge in [0.1, 0.15) is 17.7 Å². The largest absolute Gasteiger partial charge is 0.488 e. The van der Waals surface area contributed by atoms with E-state index in [1.54, 1.807) is 17.0 Å². The molecule has 0 unspecified atom stereocenters. The first-order valence-electron chi connectivity index (χ1n) is 8.80. The van der Waals surface area contributed by atoms with E-state index in [4.69, 9.17) is 9.47 Å². The maximum Gasteiger partial charge on any atom is 0.236 e. The van der Waals surface area contributed by atoms with Gasteiger partial charge in [-0.15, -0.1) is 0 Å². The van der Waals surface area contributed by atoms with Crippen LogP contribution in [0.1, 0.15) is 12.8 Å². The summed E-state index contributed by atoms with van der Waals surface area (Å²) < 4.78 is 24.3. The number of rotatable bonds is 4. The molecule has 0 aliphatic carbocycles. The zero-order valence-corrected chi connectivity index (χ0v) is 14.3. The highest BCUT2D eigenvalue weighted by atomic mass is 19.1. The van der Waals surface area contributed by atoms with Gasteiger partial charge in [0.25, 0.3) is 0 Å². The Balaban J connectivity index is 1.53. The Morgan fingerprint density at radius 1 is 1.24 bits per heavy atom. The van der Waals surface area contributed by atoms with Crippen LogP contribution in [0.5, 0.6) is 5.75 Å².